The summed E-state index contributed by atoms with van der Waals surface area (Å²) in [6.45, 7) is 2.88. The third-order valence-corrected chi connectivity index (χ3v) is 7.99. The van der Waals surface area contributed by atoms with E-state index in [-0.39, 0.29) is 36.1 Å². The van der Waals surface area contributed by atoms with Gasteiger partial charge in [0, 0.05) is 30.5 Å². The number of hydrazine groups is 1. The molecule has 3 heterocycles. The normalized spacial score (nSPS) is 14.4. The predicted octanol–water partition coefficient (Wildman–Crippen LogP) is 6.33. The first kappa shape index (κ1) is 31.0. The second-order valence-corrected chi connectivity index (χ2v) is 10.7. The van der Waals surface area contributed by atoms with Crippen LogP contribution in [0.5, 0.6) is 5.75 Å². The summed E-state index contributed by atoms with van der Waals surface area (Å²) >= 11 is 6.15. The Hall–Kier alpha value is -4.42. The summed E-state index contributed by atoms with van der Waals surface area (Å²) in [5, 5.41) is 15.7. The average molecular weight is 627 g/mol. The molecule has 1 aliphatic heterocycles. The number of aromatic nitrogens is 3. The summed E-state index contributed by atoms with van der Waals surface area (Å²) in [5.74, 6) is -0.164. The topological polar surface area (TPSA) is 112 Å². The fourth-order valence-corrected chi connectivity index (χ4v) is 5.56. The van der Waals surface area contributed by atoms with Crippen molar-refractivity contribution >= 4 is 29.2 Å². The molecule has 1 aliphatic rings. The first-order chi connectivity index (χ1) is 21.0. The Labute approximate surface area is 257 Å². The lowest BCUT2D eigenvalue weighted by atomic mass is 9.75. The third kappa shape index (κ3) is 6.27. The molecule has 4 aromatic rings. The smallest absolute Gasteiger partial charge is 0.416 e. The number of alkyl halides is 3. The van der Waals surface area contributed by atoms with Crippen molar-refractivity contribution in [3.8, 4) is 5.75 Å². The van der Waals surface area contributed by atoms with Crippen molar-refractivity contribution in [1.29, 1.82) is 0 Å². The van der Waals surface area contributed by atoms with Crippen molar-refractivity contribution in [2.45, 2.75) is 44.4 Å². The summed E-state index contributed by atoms with van der Waals surface area (Å²) < 4.78 is 44.4. The fourth-order valence-electron chi connectivity index (χ4n) is 5.29. The number of hydrogen-bond acceptors (Lipinski definition) is 8. The molecule has 0 radical (unpaired) electrons. The second-order valence-electron chi connectivity index (χ2n) is 10.3. The highest BCUT2D eigenvalue weighted by Crippen LogP contribution is 2.42. The quantitative estimate of drug-likeness (QED) is 0.176. The summed E-state index contributed by atoms with van der Waals surface area (Å²) in [6, 6.07) is 14.2. The van der Waals surface area contributed by atoms with E-state index in [2.05, 4.69) is 15.7 Å². The molecule has 2 aromatic carbocycles. The van der Waals surface area contributed by atoms with Gasteiger partial charge < -0.3 is 20.6 Å². The van der Waals surface area contributed by atoms with Gasteiger partial charge in [-0.15, -0.1) is 0 Å². The number of benzene rings is 2. The van der Waals surface area contributed by atoms with Crippen LogP contribution >= 0.6 is 11.6 Å². The van der Waals surface area contributed by atoms with Crippen LogP contribution in [-0.4, -0.2) is 44.7 Å². The van der Waals surface area contributed by atoms with Crippen molar-refractivity contribution < 1.29 is 27.8 Å². The first-order valence-corrected chi connectivity index (χ1v) is 14.2. The number of carbonyl (C=O) groups is 1. The number of pyridine rings is 1. The van der Waals surface area contributed by atoms with E-state index in [0.29, 0.717) is 35.6 Å². The molecular weight excluding hydrogens is 597 g/mol. The molecule has 0 spiro atoms. The van der Waals surface area contributed by atoms with E-state index in [1.54, 1.807) is 32.4 Å². The van der Waals surface area contributed by atoms with E-state index in [1.165, 1.54) is 12.3 Å². The van der Waals surface area contributed by atoms with Crippen LogP contribution in [-0.2, 0) is 35.9 Å². The number of aliphatic carboxylic acids is 1. The lowest BCUT2D eigenvalue weighted by molar-refractivity contribution is -0.142. The molecule has 13 heteroatoms. The molecular formula is C31H30ClF3N6O3. The summed E-state index contributed by atoms with van der Waals surface area (Å²) in [6.07, 6.45) is -0.928. The summed E-state index contributed by atoms with van der Waals surface area (Å²) in [4.78, 5) is 26.7. The van der Waals surface area contributed by atoms with Gasteiger partial charge in [0.1, 0.15) is 11.2 Å². The van der Waals surface area contributed by atoms with E-state index in [1.807, 2.05) is 29.3 Å². The van der Waals surface area contributed by atoms with Crippen LogP contribution in [0.3, 0.4) is 0 Å². The average Bonchev–Trinajstić information content (AvgIpc) is 3.41. The fraction of sp³-hybridized carbons (Fsp3) is 0.290. The highest BCUT2D eigenvalue weighted by Gasteiger charge is 2.46. The van der Waals surface area contributed by atoms with E-state index in [4.69, 9.17) is 26.3 Å². The van der Waals surface area contributed by atoms with E-state index >= 15 is 0 Å². The SMILES string of the molecule is CCC(C(=O)O)(c1cccnc1)c1nc(NCCc2ccc(C(F)(F)F)cc2Cl)nc2c1NN(Cc1ccc(OC)cc1)C2. The second kappa shape index (κ2) is 12.7. The van der Waals surface area contributed by atoms with Gasteiger partial charge >= 0.3 is 12.1 Å². The molecule has 230 valence electrons. The van der Waals surface area contributed by atoms with Crippen molar-refractivity contribution in [2.75, 3.05) is 24.4 Å². The van der Waals surface area contributed by atoms with Gasteiger partial charge in [-0.05, 0) is 59.9 Å². The van der Waals surface area contributed by atoms with Crippen LogP contribution < -0.4 is 15.5 Å². The molecule has 2 aromatic heterocycles. The Morgan fingerprint density at radius 3 is 2.52 bits per heavy atom. The van der Waals surface area contributed by atoms with Crippen LogP contribution in [0.15, 0.2) is 67.0 Å². The standard InChI is InChI=1S/C31H30ClF3N6O3/c1-3-30(28(42)43,22-5-4-13-36-16-22)27-26-25(18-41(40-26)17-19-6-10-23(44-2)11-7-19)38-29(39-27)37-14-12-20-8-9-21(15-24(20)32)31(33,34)35/h4-11,13,15-16,40H,3,12,14,17-18H2,1-2H3,(H,42,43)(H,37,38,39). The number of halogens is 4. The minimum Gasteiger partial charge on any atom is -0.497 e. The van der Waals surface area contributed by atoms with Gasteiger partial charge in [0.15, 0.2) is 0 Å². The van der Waals surface area contributed by atoms with Gasteiger partial charge in [-0.2, -0.15) is 13.2 Å². The van der Waals surface area contributed by atoms with E-state index in [9.17, 15) is 23.1 Å². The zero-order chi connectivity index (χ0) is 31.5. The molecule has 44 heavy (non-hydrogen) atoms. The molecule has 5 rings (SSSR count). The number of carboxylic acid groups (broad SMARTS) is 1. The van der Waals surface area contributed by atoms with Crippen molar-refractivity contribution in [1.82, 2.24) is 20.0 Å². The van der Waals surface area contributed by atoms with Gasteiger partial charge in [-0.25, -0.2) is 15.0 Å². The molecule has 0 fully saturated rings. The van der Waals surface area contributed by atoms with Crippen LogP contribution in [0.25, 0.3) is 0 Å². The number of anilines is 2. The molecule has 0 bridgehead atoms. The Morgan fingerprint density at radius 1 is 1.14 bits per heavy atom. The lowest BCUT2D eigenvalue weighted by Crippen LogP contribution is -2.39. The van der Waals surface area contributed by atoms with Gasteiger partial charge in [-0.1, -0.05) is 42.8 Å². The molecule has 1 unspecified atom stereocenters. The number of ether oxygens (including phenoxy) is 1. The van der Waals surface area contributed by atoms with Gasteiger partial charge in [0.2, 0.25) is 5.95 Å². The number of rotatable bonds is 11. The minimum absolute atomic E-state index is 0.00279. The maximum atomic E-state index is 13.1. The predicted molar refractivity (Wildman–Crippen MR) is 159 cm³/mol. The highest BCUT2D eigenvalue weighted by molar-refractivity contribution is 6.31. The Kier molecular flexibility index (Phi) is 8.93. The van der Waals surface area contributed by atoms with Gasteiger partial charge in [0.05, 0.1) is 36.3 Å². The largest absolute Gasteiger partial charge is 0.497 e. The van der Waals surface area contributed by atoms with Crippen molar-refractivity contribution in [3.63, 3.8) is 0 Å². The maximum Gasteiger partial charge on any atom is 0.416 e. The number of nitrogens with zero attached hydrogens (tertiary/aromatic N) is 4. The number of nitrogens with one attached hydrogen (secondary N) is 2. The minimum atomic E-state index is -4.49. The van der Waals surface area contributed by atoms with Gasteiger partial charge in [0.25, 0.3) is 0 Å². The zero-order valence-corrected chi connectivity index (χ0v) is 24.7. The maximum absolute atomic E-state index is 13.1. The molecule has 0 aliphatic carbocycles. The lowest BCUT2D eigenvalue weighted by Gasteiger charge is -2.30. The molecule has 3 N–H and O–H groups in total. The molecule has 9 nitrogen and oxygen atoms in total. The first-order valence-electron chi connectivity index (χ1n) is 13.8. The summed E-state index contributed by atoms with van der Waals surface area (Å²) in [7, 11) is 1.60. The zero-order valence-electron chi connectivity index (χ0n) is 24.0. The Morgan fingerprint density at radius 2 is 1.91 bits per heavy atom. The third-order valence-electron chi connectivity index (χ3n) is 7.64. The number of methoxy groups -OCH3 is 1. The van der Waals surface area contributed by atoms with E-state index < -0.39 is 23.1 Å². The van der Waals surface area contributed by atoms with E-state index in [0.717, 1.165) is 23.4 Å². The molecule has 0 amide bonds. The van der Waals surface area contributed by atoms with Crippen LogP contribution in [0.4, 0.5) is 24.8 Å². The van der Waals surface area contributed by atoms with Crippen LogP contribution in [0, 0.1) is 0 Å². The number of fused-ring (bicyclic) bond motifs is 1. The van der Waals surface area contributed by atoms with Gasteiger partial charge in [-0.3, -0.25) is 9.78 Å². The highest BCUT2D eigenvalue weighted by atomic mass is 35.5. The monoisotopic (exact) mass is 626 g/mol. The van der Waals surface area contributed by atoms with Crippen molar-refractivity contribution in [2.24, 2.45) is 0 Å². The number of hydrogen-bond donors (Lipinski definition) is 3. The molecule has 0 saturated heterocycles. The molecule has 1 atom stereocenters. The van der Waals surface area contributed by atoms with Crippen LogP contribution in [0.2, 0.25) is 5.02 Å². The number of carboxylic acids is 1. The van der Waals surface area contributed by atoms with Crippen molar-refractivity contribution in [3.05, 3.63) is 106 Å². The summed E-state index contributed by atoms with van der Waals surface area (Å²) in [5.41, 5.74) is 4.33. The Balaban J connectivity index is 1.47. The molecule has 0 saturated carbocycles. The van der Waals surface area contributed by atoms with Crippen LogP contribution in [0.1, 0.15) is 47.0 Å². The Bertz CT molecular complexity index is 1640.